The summed E-state index contributed by atoms with van der Waals surface area (Å²) in [5.41, 5.74) is 1.99. The minimum absolute atomic E-state index is 0.245. The fourth-order valence-electron chi connectivity index (χ4n) is 2.18. The Hall–Kier alpha value is -2.30. The molecule has 2 aromatic rings. The van der Waals surface area contributed by atoms with E-state index in [-0.39, 0.29) is 6.61 Å². The lowest BCUT2D eigenvalue weighted by Crippen LogP contribution is -2.20. The van der Waals surface area contributed by atoms with Crippen molar-refractivity contribution in [2.45, 2.75) is 26.7 Å². The van der Waals surface area contributed by atoms with Crippen LogP contribution in [0, 0.1) is 19.7 Å². The Bertz CT molecular complexity index is 638. The minimum Gasteiger partial charge on any atom is -0.465 e. The van der Waals surface area contributed by atoms with Crippen LogP contribution in [0.3, 0.4) is 0 Å². The molecule has 1 aromatic heterocycles. The van der Waals surface area contributed by atoms with Crippen molar-refractivity contribution in [2.24, 2.45) is 0 Å². The summed E-state index contributed by atoms with van der Waals surface area (Å²) in [5.74, 6) is -1.38. The Labute approximate surface area is 123 Å². The molecule has 0 aliphatic heterocycles. The van der Waals surface area contributed by atoms with Crippen LogP contribution in [0.2, 0.25) is 0 Å². The third-order valence-corrected chi connectivity index (χ3v) is 2.96. The summed E-state index contributed by atoms with van der Waals surface area (Å²) in [7, 11) is 0. The first-order chi connectivity index (χ1) is 10.0. The fourth-order valence-corrected chi connectivity index (χ4v) is 2.18. The lowest BCUT2D eigenvalue weighted by molar-refractivity contribution is -0.144. The molecule has 2 rings (SSSR count). The van der Waals surface area contributed by atoms with Crippen molar-refractivity contribution in [3.05, 3.63) is 58.9 Å². The van der Waals surface area contributed by atoms with Gasteiger partial charge < -0.3 is 4.74 Å². The number of esters is 1. The van der Waals surface area contributed by atoms with E-state index in [4.69, 9.17) is 4.74 Å². The van der Waals surface area contributed by atoms with Gasteiger partial charge in [-0.2, -0.15) is 0 Å². The van der Waals surface area contributed by atoms with Gasteiger partial charge in [0.05, 0.1) is 6.61 Å². The third-order valence-electron chi connectivity index (χ3n) is 2.96. The standard InChI is InChI=1S/C16H17FN2O2/c1-4-21-16(20)14(12-6-5-7-13(17)9-12)15-18-10(2)8-11(3)19-15/h5-9,14H,4H2,1-3H3. The zero-order chi connectivity index (χ0) is 15.4. The quantitative estimate of drug-likeness (QED) is 0.812. The number of benzene rings is 1. The van der Waals surface area contributed by atoms with Crippen molar-refractivity contribution < 1.29 is 13.9 Å². The van der Waals surface area contributed by atoms with Gasteiger partial charge in [0.1, 0.15) is 17.6 Å². The average Bonchev–Trinajstić information content (AvgIpc) is 2.38. The molecule has 0 saturated carbocycles. The Morgan fingerprint density at radius 3 is 2.48 bits per heavy atom. The maximum Gasteiger partial charge on any atom is 0.321 e. The molecule has 0 fully saturated rings. The molecule has 0 saturated heterocycles. The number of carbonyl (C=O) groups excluding carboxylic acids is 1. The summed E-state index contributed by atoms with van der Waals surface area (Å²) in [6, 6.07) is 7.68. The summed E-state index contributed by atoms with van der Waals surface area (Å²) in [6.45, 7) is 5.62. The fraction of sp³-hybridized carbons (Fsp3) is 0.312. The van der Waals surface area contributed by atoms with Crippen molar-refractivity contribution in [3.63, 3.8) is 0 Å². The molecular weight excluding hydrogens is 271 g/mol. The van der Waals surface area contributed by atoms with Crippen LogP contribution in [0.15, 0.2) is 30.3 Å². The molecule has 0 aliphatic carbocycles. The Balaban J connectivity index is 2.52. The number of nitrogens with zero attached hydrogens (tertiary/aromatic N) is 2. The highest BCUT2D eigenvalue weighted by Gasteiger charge is 2.27. The molecule has 5 heteroatoms. The third kappa shape index (κ3) is 3.62. The topological polar surface area (TPSA) is 52.1 Å². The van der Waals surface area contributed by atoms with Crippen molar-refractivity contribution >= 4 is 5.97 Å². The van der Waals surface area contributed by atoms with Crippen LogP contribution >= 0.6 is 0 Å². The molecule has 1 aromatic carbocycles. The van der Waals surface area contributed by atoms with Gasteiger partial charge in [-0.25, -0.2) is 14.4 Å². The number of aryl methyl sites for hydroxylation is 2. The normalized spacial score (nSPS) is 12.0. The zero-order valence-corrected chi connectivity index (χ0v) is 12.3. The van der Waals surface area contributed by atoms with E-state index in [1.165, 1.54) is 12.1 Å². The lowest BCUT2D eigenvalue weighted by atomic mass is 9.98. The molecular formula is C16H17FN2O2. The van der Waals surface area contributed by atoms with Crippen LogP contribution < -0.4 is 0 Å². The first-order valence-corrected chi connectivity index (χ1v) is 6.75. The second-order valence-electron chi connectivity index (χ2n) is 4.75. The lowest BCUT2D eigenvalue weighted by Gasteiger charge is -2.15. The van der Waals surface area contributed by atoms with Gasteiger partial charge in [0.25, 0.3) is 0 Å². The predicted molar refractivity (Wildman–Crippen MR) is 76.4 cm³/mol. The smallest absolute Gasteiger partial charge is 0.321 e. The van der Waals surface area contributed by atoms with Crippen LogP contribution in [-0.4, -0.2) is 22.5 Å². The van der Waals surface area contributed by atoms with E-state index >= 15 is 0 Å². The van der Waals surface area contributed by atoms with Gasteiger partial charge in [0.15, 0.2) is 0 Å². The molecule has 0 bridgehead atoms. The number of hydrogen-bond acceptors (Lipinski definition) is 4. The van der Waals surface area contributed by atoms with Gasteiger partial charge in [-0.15, -0.1) is 0 Å². The van der Waals surface area contributed by atoms with Crippen molar-refractivity contribution in [1.29, 1.82) is 0 Å². The van der Waals surface area contributed by atoms with Gasteiger partial charge in [0, 0.05) is 11.4 Å². The molecule has 0 N–H and O–H groups in total. The summed E-state index contributed by atoms with van der Waals surface area (Å²) in [4.78, 5) is 20.9. The average molecular weight is 288 g/mol. The van der Waals surface area contributed by atoms with E-state index in [2.05, 4.69) is 9.97 Å². The predicted octanol–water partition coefficient (Wildman–Crippen LogP) is 2.93. The first kappa shape index (κ1) is 15.1. The summed E-state index contributed by atoms with van der Waals surface area (Å²) in [6.07, 6.45) is 0. The van der Waals surface area contributed by atoms with Crippen LogP contribution in [0.1, 0.15) is 35.6 Å². The van der Waals surface area contributed by atoms with Crippen LogP contribution in [0.25, 0.3) is 0 Å². The van der Waals surface area contributed by atoms with E-state index in [0.717, 1.165) is 11.4 Å². The number of rotatable bonds is 4. The first-order valence-electron chi connectivity index (χ1n) is 6.75. The van der Waals surface area contributed by atoms with Crippen molar-refractivity contribution in [1.82, 2.24) is 9.97 Å². The molecule has 110 valence electrons. The number of ether oxygens (including phenoxy) is 1. The molecule has 1 unspecified atom stereocenters. The summed E-state index contributed by atoms with van der Waals surface area (Å²) < 4.78 is 18.5. The van der Waals surface area contributed by atoms with Crippen LogP contribution in [0.5, 0.6) is 0 Å². The number of hydrogen-bond donors (Lipinski definition) is 0. The zero-order valence-electron chi connectivity index (χ0n) is 12.3. The Morgan fingerprint density at radius 2 is 1.90 bits per heavy atom. The monoisotopic (exact) mass is 288 g/mol. The van der Waals surface area contributed by atoms with Gasteiger partial charge in [-0.3, -0.25) is 4.79 Å². The van der Waals surface area contributed by atoms with E-state index < -0.39 is 17.7 Å². The van der Waals surface area contributed by atoms with E-state index in [1.807, 2.05) is 19.9 Å². The highest BCUT2D eigenvalue weighted by molar-refractivity contribution is 5.81. The van der Waals surface area contributed by atoms with Gasteiger partial charge in [0.2, 0.25) is 0 Å². The number of aromatic nitrogens is 2. The molecule has 0 aliphatic rings. The highest BCUT2D eigenvalue weighted by Crippen LogP contribution is 2.24. The molecule has 1 heterocycles. The number of halogens is 1. The minimum atomic E-state index is -0.820. The van der Waals surface area contributed by atoms with Gasteiger partial charge >= 0.3 is 5.97 Å². The van der Waals surface area contributed by atoms with E-state index in [9.17, 15) is 9.18 Å². The Morgan fingerprint density at radius 1 is 1.24 bits per heavy atom. The molecule has 0 radical (unpaired) electrons. The molecule has 4 nitrogen and oxygen atoms in total. The molecule has 0 amide bonds. The maximum absolute atomic E-state index is 13.5. The molecule has 0 spiro atoms. The summed E-state index contributed by atoms with van der Waals surface area (Å²) in [5, 5.41) is 0. The van der Waals surface area contributed by atoms with E-state index in [0.29, 0.717) is 11.4 Å². The van der Waals surface area contributed by atoms with Gasteiger partial charge in [-0.05, 0) is 44.5 Å². The largest absolute Gasteiger partial charge is 0.465 e. The van der Waals surface area contributed by atoms with E-state index in [1.54, 1.807) is 19.1 Å². The summed E-state index contributed by atoms with van der Waals surface area (Å²) >= 11 is 0. The van der Waals surface area contributed by atoms with Crippen molar-refractivity contribution in [2.75, 3.05) is 6.61 Å². The van der Waals surface area contributed by atoms with Gasteiger partial charge in [-0.1, -0.05) is 12.1 Å². The van der Waals surface area contributed by atoms with Crippen LogP contribution in [-0.2, 0) is 9.53 Å². The second-order valence-corrected chi connectivity index (χ2v) is 4.75. The van der Waals surface area contributed by atoms with Crippen molar-refractivity contribution in [3.8, 4) is 0 Å². The van der Waals surface area contributed by atoms with Crippen LogP contribution in [0.4, 0.5) is 4.39 Å². The Kier molecular flexibility index (Phi) is 4.62. The molecule has 1 atom stereocenters. The highest BCUT2D eigenvalue weighted by atomic mass is 19.1. The maximum atomic E-state index is 13.5. The SMILES string of the molecule is CCOC(=O)C(c1cccc(F)c1)c1nc(C)cc(C)n1. The molecule has 21 heavy (non-hydrogen) atoms. The second kappa shape index (κ2) is 6.43. The number of carbonyl (C=O) groups is 1.